The van der Waals surface area contributed by atoms with Crippen molar-refractivity contribution in [1.29, 1.82) is 0 Å². The molecule has 0 aliphatic carbocycles. The summed E-state index contributed by atoms with van der Waals surface area (Å²) in [5.41, 5.74) is 2.42. The average Bonchev–Trinajstić information content (AvgIpc) is 3.29. The SMILES string of the molecule is Cc1cc(C(=O)COC(=O)COc2ccccc2Cl)c(C)n1C[C@H]1CCCO1. The number of ether oxygens (including phenoxy) is 3. The number of carbonyl (C=O) groups is 2. The Morgan fingerprint density at radius 3 is 2.75 bits per heavy atom. The van der Waals surface area contributed by atoms with E-state index in [9.17, 15) is 9.59 Å². The van der Waals surface area contributed by atoms with Gasteiger partial charge >= 0.3 is 5.97 Å². The van der Waals surface area contributed by atoms with Crippen LogP contribution in [0.25, 0.3) is 0 Å². The number of hydrogen-bond acceptors (Lipinski definition) is 5. The summed E-state index contributed by atoms with van der Waals surface area (Å²) in [6, 6.07) is 8.67. The number of halogens is 1. The Morgan fingerprint density at radius 2 is 2.04 bits per heavy atom. The summed E-state index contributed by atoms with van der Waals surface area (Å²) in [7, 11) is 0. The quantitative estimate of drug-likeness (QED) is 0.494. The van der Waals surface area contributed by atoms with E-state index in [4.69, 9.17) is 25.8 Å². The number of ketones is 1. The van der Waals surface area contributed by atoms with Crippen molar-refractivity contribution in [2.45, 2.75) is 39.3 Å². The van der Waals surface area contributed by atoms with E-state index in [2.05, 4.69) is 4.57 Å². The molecule has 1 aromatic carbocycles. The first-order chi connectivity index (χ1) is 13.5. The fourth-order valence-electron chi connectivity index (χ4n) is 3.32. The Kier molecular flexibility index (Phi) is 6.75. The number of Topliss-reactive ketones (excluding diaryl/α,β-unsaturated/α-hetero) is 1. The van der Waals surface area contributed by atoms with Gasteiger partial charge in [-0.15, -0.1) is 0 Å². The minimum absolute atomic E-state index is 0.188. The third-order valence-corrected chi connectivity index (χ3v) is 5.14. The lowest BCUT2D eigenvalue weighted by atomic mass is 10.1. The molecule has 7 heteroatoms. The Labute approximate surface area is 169 Å². The number of aromatic nitrogens is 1. The maximum Gasteiger partial charge on any atom is 0.344 e. The van der Waals surface area contributed by atoms with Gasteiger partial charge < -0.3 is 18.8 Å². The van der Waals surface area contributed by atoms with Crippen LogP contribution in [0.3, 0.4) is 0 Å². The first kappa shape index (κ1) is 20.4. The Hall–Kier alpha value is -2.31. The Morgan fingerprint density at radius 1 is 1.25 bits per heavy atom. The number of hydrogen-bond donors (Lipinski definition) is 0. The number of aryl methyl sites for hydroxylation is 1. The molecule has 3 rings (SSSR count). The van der Waals surface area contributed by atoms with E-state index in [0.717, 1.165) is 37.4 Å². The standard InChI is InChI=1S/C21H24ClNO5/c1-14-10-17(15(2)23(14)11-16-6-5-9-26-16)19(24)12-28-21(25)13-27-20-8-4-3-7-18(20)22/h3-4,7-8,10,16H,5-6,9,11-13H2,1-2H3/t16-/m1/s1. The fourth-order valence-corrected chi connectivity index (χ4v) is 3.51. The molecule has 1 atom stereocenters. The zero-order valence-electron chi connectivity index (χ0n) is 16.1. The second-order valence-corrected chi connectivity index (χ2v) is 7.24. The van der Waals surface area contributed by atoms with Crippen molar-refractivity contribution >= 4 is 23.4 Å². The zero-order chi connectivity index (χ0) is 20.1. The minimum Gasteiger partial charge on any atom is -0.480 e. The molecular formula is C21H24ClNO5. The van der Waals surface area contributed by atoms with E-state index in [1.807, 2.05) is 19.9 Å². The summed E-state index contributed by atoms with van der Waals surface area (Å²) in [6.45, 7) is 4.75. The highest BCUT2D eigenvalue weighted by molar-refractivity contribution is 6.32. The number of benzene rings is 1. The average molecular weight is 406 g/mol. The van der Waals surface area contributed by atoms with Crippen molar-refractivity contribution in [3.05, 3.63) is 52.3 Å². The molecule has 0 bridgehead atoms. The molecule has 1 saturated heterocycles. The molecule has 0 saturated carbocycles. The van der Waals surface area contributed by atoms with Gasteiger partial charge in [-0.1, -0.05) is 23.7 Å². The summed E-state index contributed by atoms with van der Waals surface area (Å²) in [5, 5.41) is 0.407. The molecule has 1 aromatic heterocycles. The van der Waals surface area contributed by atoms with Crippen LogP contribution in [-0.2, 0) is 20.8 Å². The molecular weight excluding hydrogens is 382 g/mol. The van der Waals surface area contributed by atoms with Crippen LogP contribution in [0.1, 0.15) is 34.6 Å². The van der Waals surface area contributed by atoms with Gasteiger partial charge in [0.1, 0.15) is 5.75 Å². The highest BCUT2D eigenvalue weighted by Crippen LogP contribution is 2.23. The summed E-state index contributed by atoms with van der Waals surface area (Å²) in [4.78, 5) is 24.4. The first-order valence-corrected chi connectivity index (χ1v) is 9.68. The highest BCUT2D eigenvalue weighted by Gasteiger charge is 2.21. The van der Waals surface area contributed by atoms with E-state index in [-0.39, 0.29) is 25.1 Å². The number of rotatable bonds is 8. The number of para-hydroxylation sites is 1. The number of nitrogens with zero attached hydrogens (tertiary/aromatic N) is 1. The molecule has 0 unspecified atom stereocenters. The van der Waals surface area contributed by atoms with Crippen LogP contribution in [0, 0.1) is 13.8 Å². The molecule has 0 N–H and O–H groups in total. The monoisotopic (exact) mass is 405 g/mol. The lowest BCUT2D eigenvalue weighted by Crippen LogP contribution is -2.20. The second-order valence-electron chi connectivity index (χ2n) is 6.83. The molecule has 0 spiro atoms. The van der Waals surface area contributed by atoms with Crippen molar-refractivity contribution in [1.82, 2.24) is 4.57 Å². The fraction of sp³-hybridized carbons (Fsp3) is 0.429. The van der Waals surface area contributed by atoms with Gasteiger partial charge in [-0.25, -0.2) is 4.79 Å². The maximum atomic E-state index is 12.5. The molecule has 2 heterocycles. The summed E-state index contributed by atoms with van der Waals surface area (Å²) >= 11 is 5.97. The third-order valence-electron chi connectivity index (χ3n) is 4.83. The van der Waals surface area contributed by atoms with E-state index >= 15 is 0 Å². The van der Waals surface area contributed by atoms with Gasteiger partial charge in [-0.05, 0) is 44.9 Å². The van der Waals surface area contributed by atoms with Crippen molar-refractivity contribution in [3.8, 4) is 5.75 Å². The molecule has 0 amide bonds. The summed E-state index contributed by atoms with van der Waals surface area (Å²) in [6.07, 6.45) is 2.29. The predicted molar refractivity (Wildman–Crippen MR) is 105 cm³/mol. The molecule has 28 heavy (non-hydrogen) atoms. The van der Waals surface area contributed by atoms with Crippen molar-refractivity contribution < 1.29 is 23.8 Å². The summed E-state index contributed by atoms with van der Waals surface area (Å²) < 4.78 is 18.2. The van der Waals surface area contributed by atoms with Crippen LogP contribution in [-0.4, -0.2) is 42.2 Å². The number of carbonyl (C=O) groups excluding carboxylic acids is 2. The third kappa shape index (κ3) is 4.94. The summed E-state index contributed by atoms with van der Waals surface area (Å²) in [5.74, 6) is -0.468. The topological polar surface area (TPSA) is 66.8 Å². The van der Waals surface area contributed by atoms with Crippen molar-refractivity contribution in [2.75, 3.05) is 19.8 Å². The molecule has 150 valence electrons. The van der Waals surface area contributed by atoms with Crippen LogP contribution < -0.4 is 4.74 Å². The van der Waals surface area contributed by atoms with Gasteiger partial charge in [-0.2, -0.15) is 0 Å². The zero-order valence-corrected chi connectivity index (χ0v) is 16.8. The van der Waals surface area contributed by atoms with Crippen molar-refractivity contribution in [2.24, 2.45) is 0 Å². The first-order valence-electron chi connectivity index (χ1n) is 9.30. The van der Waals surface area contributed by atoms with Gasteiger partial charge in [-0.3, -0.25) is 4.79 Å². The van der Waals surface area contributed by atoms with Gasteiger partial charge in [0.2, 0.25) is 5.78 Å². The minimum atomic E-state index is -0.624. The molecule has 1 fully saturated rings. The van der Waals surface area contributed by atoms with E-state index < -0.39 is 5.97 Å². The highest BCUT2D eigenvalue weighted by atomic mass is 35.5. The second kappa shape index (κ2) is 9.26. The predicted octanol–water partition coefficient (Wildman–Crippen LogP) is 3.74. The normalized spacial score (nSPS) is 16.2. The molecule has 2 aromatic rings. The van der Waals surface area contributed by atoms with Crippen LogP contribution >= 0.6 is 11.6 Å². The smallest absolute Gasteiger partial charge is 0.344 e. The molecule has 0 radical (unpaired) electrons. The van der Waals surface area contributed by atoms with Crippen LogP contribution in [0.4, 0.5) is 0 Å². The largest absolute Gasteiger partial charge is 0.480 e. The van der Waals surface area contributed by atoms with Crippen molar-refractivity contribution in [3.63, 3.8) is 0 Å². The number of esters is 1. The molecule has 1 aliphatic heterocycles. The van der Waals surface area contributed by atoms with E-state index in [1.165, 1.54) is 0 Å². The van der Waals surface area contributed by atoms with Crippen LogP contribution in [0.5, 0.6) is 5.75 Å². The van der Waals surface area contributed by atoms with Crippen LogP contribution in [0.15, 0.2) is 30.3 Å². The lowest BCUT2D eigenvalue weighted by molar-refractivity contribution is -0.144. The maximum absolute atomic E-state index is 12.5. The molecule has 6 nitrogen and oxygen atoms in total. The lowest BCUT2D eigenvalue weighted by Gasteiger charge is -2.14. The molecule has 1 aliphatic rings. The van der Waals surface area contributed by atoms with Gasteiger partial charge in [0, 0.05) is 30.1 Å². The Bertz CT molecular complexity index is 854. The van der Waals surface area contributed by atoms with Gasteiger partial charge in [0.25, 0.3) is 0 Å². The van der Waals surface area contributed by atoms with Gasteiger partial charge in [0.15, 0.2) is 13.2 Å². The van der Waals surface area contributed by atoms with Crippen LogP contribution in [0.2, 0.25) is 5.02 Å². The van der Waals surface area contributed by atoms with E-state index in [1.54, 1.807) is 24.3 Å². The van der Waals surface area contributed by atoms with E-state index in [0.29, 0.717) is 16.3 Å². The Balaban J connectivity index is 1.53. The van der Waals surface area contributed by atoms with Gasteiger partial charge in [0.05, 0.1) is 11.1 Å².